The van der Waals surface area contributed by atoms with Gasteiger partial charge in [-0.25, -0.2) is 4.99 Å². The highest BCUT2D eigenvalue weighted by atomic mass is 16.5. The van der Waals surface area contributed by atoms with Crippen molar-refractivity contribution in [2.75, 3.05) is 41.4 Å². The van der Waals surface area contributed by atoms with Crippen molar-refractivity contribution >= 4 is 11.9 Å². The van der Waals surface area contributed by atoms with Gasteiger partial charge in [-0.2, -0.15) is 0 Å². The van der Waals surface area contributed by atoms with E-state index in [9.17, 15) is 4.79 Å². The molecule has 2 rings (SSSR count). The van der Waals surface area contributed by atoms with Gasteiger partial charge in [0, 0.05) is 33.2 Å². The monoisotopic (exact) mass is 376 g/mol. The van der Waals surface area contributed by atoms with Crippen molar-refractivity contribution in [3.63, 3.8) is 0 Å². The van der Waals surface area contributed by atoms with Gasteiger partial charge in [-0.3, -0.25) is 4.79 Å². The molecule has 7 nitrogen and oxygen atoms in total. The maximum Gasteiger partial charge on any atom is 0.243 e. The number of fused-ring (bicyclic) bond motifs is 1. The normalized spacial score (nSPS) is 15.0. The molecule has 0 fully saturated rings. The van der Waals surface area contributed by atoms with Gasteiger partial charge >= 0.3 is 0 Å². The molecule has 1 amide bonds. The molecular weight excluding hydrogens is 344 g/mol. The van der Waals surface area contributed by atoms with Gasteiger partial charge in [0.15, 0.2) is 17.5 Å². The van der Waals surface area contributed by atoms with Crippen LogP contribution in [0.5, 0.6) is 11.5 Å². The number of hydrogen-bond donors (Lipinski definition) is 1. The first-order valence-corrected chi connectivity index (χ1v) is 9.39. The lowest BCUT2D eigenvalue weighted by Crippen LogP contribution is -2.47. The first-order valence-electron chi connectivity index (χ1n) is 9.39. The Hall–Kier alpha value is -2.44. The molecule has 0 spiro atoms. The number of guanidine groups is 1. The summed E-state index contributed by atoms with van der Waals surface area (Å²) in [7, 11) is 6.80. The number of benzene rings is 1. The number of carbonyl (C=O) groups excluding carboxylic acids is 1. The van der Waals surface area contributed by atoms with Gasteiger partial charge in [0.1, 0.15) is 6.54 Å². The van der Waals surface area contributed by atoms with Crippen LogP contribution in [0.2, 0.25) is 0 Å². The van der Waals surface area contributed by atoms with Crippen LogP contribution in [0.4, 0.5) is 0 Å². The third kappa shape index (κ3) is 5.28. The molecule has 1 N–H and O–H groups in total. The minimum absolute atomic E-state index is 0.0118. The lowest BCUT2D eigenvalue weighted by atomic mass is 9.99. The van der Waals surface area contributed by atoms with E-state index in [1.165, 1.54) is 11.1 Å². The van der Waals surface area contributed by atoms with Crippen LogP contribution >= 0.6 is 0 Å². The Morgan fingerprint density at radius 3 is 2.44 bits per heavy atom. The molecule has 150 valence electrons. The van der Waals surface area contributed by atoms with Crippen molar-refractivity contribution < 1.29 is 14.3 Å². The molecule has 1 atom stereocenters. The van der Waals surface area contributed by atoms with Crippen LogP contribution in [0.3, 0.4) is 0 Å². The highest BCUT2D eigenvalue weighted by Gasteiger charge is 2.22. The average molecular weight is 377 g/mol. The second kappa shape index (κ2) is 9.48. The van der Waals surface area contributed by atoms with Gasteiger partial charge in [0.05, 0.1) is 14.2 Å². The summed E-state index contributed by atoms with van der Waals surface area (Å²) in [6, 6.07) is 4.37. The lowest BCUT2D eigenvalue weighted by molar-refractivity contribution is -0.127. The lowest BCUT2D eigenvalue weighted by Gasteiger charge is -2.33. The summed E-state index contributed by atoms with van der Waals surface area (Å²) >= 11 is 0. The Morgan fingerprint density at radius 1 is 1.26 bits per heavy atom. The van der Waals surface area contributed by atoms with E-state index in [1.54, 1.807) is 33.2 Å². The van der Waals surface area contributed by atoms with Crippen molar-refractivity contribution in [2.24, 2.45) is 4.99 Å². The molecule has 7 heteroatoms. The Kier molecular flexibility index (Phi) is 7.33. The molecule has 1 aromatic rings. The number of methoxy groups -OCH3 is 2. The average Bonchev–Trinajstić information content (AvgIpc) is 2.68. The van der Waals surface area contributed by atoms with E-state index in [4.69, 9.17) is 9.47 Å². The molecule has 0 bridgehead atoms. The van der Waals surface area contributed by atoms with E-state index in [-0.39, 0.29) is 18.5 Å². The third-order valence-corrected chi connectivity index (χ3v) is 4.87. The number of hydrogen-bond acceptors (Lipinski definition) is 4. The van der Waals surface area contributed by atoms with Gasteiger partial charge in [-0.05, 0) is 43.0 Å². The van der Waals surface area contributed by atoms with Crippen molar-refractivity contribution in [3.8, 4) is 11.5 Å². The third-order valence-electron chi connectivity index (χ3n) is 4.87. The minimum atomic E-state index is -0.0118. The summed E-state index contributed by atoms with van der Waals surface area (Å²) < 4.78 is 10.9. The molecule has 1 aliphatic rings. The van der Waals surface area contributed by atoms with Crippen LogP contribution in [0.1, 0.15) is 31.4 Å². The molecule has 1 aliphatic heterocycles. The molecular formula is C20H32N4O3. The van der Waals surface area contributed by atoms with Crippen LogP contribution in [-0.4, -0.2) is 69.1 Å². The smallest absolute Gasteiger partial charge is 0.243 e. The van der Waals surface area contributed by atoms with Crippen LogP contribution < -0.4 is 14.8 Å². The highest BCUT2D eigenvalue weighted by Crippen LogP contribution is 2.33. The number of amides is 1. The molecule has 0 saturated carbocycles. The largest absolute Gasteiger partial charge is 0.493 e. The Labute approximate surface area is 162 Å². The van der Waals surface area contributed by atoms with Gasteiger partial charge in [-0.15, -0.1) is 0 Å². The van der Waals surface area contributed by atoms with Crippen molar-refractivity contribution in [1.82, 2.24) is 15.1 Å². The second-order valence-corrected chi connectivity index (χ2v) is 7.03. The topological polar surface area (TPSA) is 66.4 Å². The zero-order valence-corrected chi connectivity index (χ0v) is 17.3. The number of carbonyl (C=O) groups is 1. The van der Waals surface area contributed by atoms with Crippen LogP contribution in [0.15, 0.2) is 17.1 Å². The summed E-state index contributed by atoms with van der Waals surface area (Å²) in [5.74, 6) is 2.25. The predicted octanol–water partition coefficient (Wildman–Crippen LogP) is 1.89. The molecule has 0 saturated heterocycles. The zero-order chi connectivity index (χ0) is 20.0. The van der Waals surface area contributed by atoms with E-state index < -0.39 is 0 Å². The number of ether oxygens (including phenoxy) is 2. The molecule has 1 aromatic carbocycles. The van der Waals surface area contributed by atoms with Gasteiger partial charge < -0.3 is 24.6 Å². The van der Waals surface area contributed by atoms with Crippen LogP contribution in [0, 0.1) is 0 Å². The van der Waals surface area contributed by atoms with E-state index in [1.807, 2.05) is 6.07 Å². The molecule has 1 heterocycles. The zero-order valence-electron chi connectivity index (χ0n) is 17.3. The fourth-order valence-corrected chi connectivity index (χ4v) is 2.91. The van der Waals surface area contributed by atoms with Gasteiger partial charge in [0.2, 0.25) is 5.91 Å². The van der Waals surface area contributed by atoms with Crippen molar-refractivity contribution in [1.29, 1.82) is 0 Å². The van der Waals surface area contributed by atoms with Crippen LogP contribution in [-0.2, 0) is 17.8 Å². The van der Waals surface area contributed by atoms with Gasteiger partial charge in [0.25, 0.3) is 0 Å². The molecule has 0 aliphatic carbocycles. The van der Waals surface area contributed by atoms with Crippen molar-refractivity contribution in [3.05, 3.63) is 23.3 Å². The number of nitrogens with one attached hydrogen (secondary N) is 1. The Morgan fingerprint density at radius 2 is 1.89 bits per heavy atom. The summed E-state index contributed by atoms with van der Waals surface area (Å²) in [5.41, 5.74) is 2.45. The minimum Gasteiger partial charge on any atom is -0.493 e. The maximum absolute atomic E-state index is 12.0. The second-order valence-electron chi connectivity index (χ2n) is 7.03. The Bertz CT molecular complexity index is 688. The summed E-state index contributed by atoms with van der Waals surface area (Å²) in [6.07, 6.45) is 1.87. The molecule has 27 heavy (non-hydrogen) atoms. The first-order chi connectivity index (χ1) is 12.9. The summed E-state index contributed by atoms with van der Waals surface area (Å²) in [4.78, 5) is 20.3. The number of nitrogens with zero attached hydrogens (tertiary/aromatic N) is 3. The fraction of sp³-hybridized carbons (Fsp3) is 0.600. The van der Waals surface area contributed by atoms with Crippen LogP contribution in [0.25, 0.3) is 0 Å². The highest BCUT2D eigenvalue weighted by molar-refractivity contribution is 5.85. The van der Waals surface area contributed by atoms with Crippen molar-refractivity contribution in [2.45, 2.75) is 39.3 Å². The molecule has 1 unspecified atom stereocenters. The SMILES string of the molecule is CCC(C)NC(=NCC(=O)N(C)C)N1CCc2cc(OC)c(OC)cc2C1. The number of likely N-dealkylation sites (N-methyl/N-ethyl adjacent to an activating group) is 1. The quantitative estimate of drug-likeness (QED) is 0.607. The number of rotatable bonds is 6. The molecule has 0 radical (unpaired) electrons. The Balaban J connectivity index is 2.24. The van der Waals surface area contributed by atoms with E-state index in [0.29, 0.717) is 6.54 Å². The number of aliphatic imine (C=N–C) groups is 1. The summed E-state index contributed by atoms with van der Waals surface area (Å²) in [5, 5.41) is 3.46. The molecule has 0 aromatic heterocycles. The van der Waals surface area contributed by atoms with E-state index >= 15 is 0 Å². The predicted molar refractivity (Wildman–Crippen MR) is 108 cm³/mol. The first kappa shape index (κ1) is 20.9. The standard InChI is InChI=1S/C20H32N4O3/c1-7-14(2)22-20(21-12-19(25)23(3)4)24-9-8-15-10-17(26-5)18(27-6)11-16(15)13-24/h10-11,14H,7-9,12-13H2,1-6H3,(H,21,22). The van der Waals surface area contributed by atoms with Gasteiger partial charge in [-0.1, -0.05) is 6.92 Å². The van der Waals surface area contributed by atoms with E-state index in [2.05, 4.69) is 35.1 Å². The maximum atomic E-state index is 12.0. The van der Waals surface area contributed by atoms with E-state index in [0.717, 1.165) is 36.8 Å². The fourth-order valence-electron chi connectivity index (χ4n) is 2.91. The summed E-state index contributed by atoms with van der Waals surface area (Å²) in [6.45, 7) is 5.94.